The summed E-state index contributed by atoms with van der Waals surface area (Å²) in [7, 11) is 4.16. The van der Waals surface area contributed by atoms with E-state index in [0.717, 1.165) is 43.8 Å². The predicted molar refractivity (Wildman–Crippen MR) is 111 cm³/mol. The molecule has 2 aliphatic rings. The van der Waals surface area contributed by atoms with Gasteiger partial charge in [-0.3, -0.25) is 4.79 Å². The van der Waals surface area contributed by atoms with Gasteiger partial charge in [0, 0.05) is 43.2 Å². The maximum atomic E-state index is 12.4. The lowest BCUT2D eigenvalue weighted by molar-refractivity contribution is -0.130. The number of rotatable bonds is 9. The van der Waals surface area contributed by atoms with Crippen molar-refractivity contribution >= 4 is 17.5 Å². The highest BCUT2D eigenvalue weighted by molar-refractivity contribution is 6.31. The Morgan fingerprint density at radius 2 is 2.00 bits per heavy atom. The molecule has 28 heavy (non-hydrogen) atoms. The molecule has 0 aliphatic carbocycles. The minimum absolute atomic E-state index is 0.0786. The highest BCUT2D eigenvalue weighted by Crippen LogP contribution is 2.36. The largest absolute Gasteiger partial charge is 0.454 e. The van der Waals surface area contributed by atoms with Crippen molar-refractivity contribution in [3.8, 4) is 11.5 Å². The molecule has 0 spiro atoms. The van der Waals surface area contributed by atoms with Crippen LogP contribution in [0, 0.1) is 5.41 Å². The first-order valence-corrected chi connectivity index (χ1v) is 10.4. The zero-order chi connectivity index (χ0) is 20.3. The Labute approximate surface area is 173 Å². The van der Waals surface area contributed by atoms with Crippen LogP contribution in [0.25, 0.3) is 0 Å². The number of carbonyl (C=O) groups excluding carboxylic acids is 1. The number of hydrogen-bond acceptors (Lipinski definition) is 5. The van der Waals surface area contributed by atoms with Gasteiger partial charge in [0.25, 0.3) is 0 Å². The highest BCUT2D eigenvalue weighted by atomic mass is 35.5. The van der Waals surface area contributed by atoms with E-state index in [1.165, 1.54) is 0 Å². The van der Waals surface area contributed by atoms with Crippen LogP contribution in [0.5, 0.6) is 11.5 Å². The van der Waals surface area contributed by atoms with E-state index < -0.39 is 0 Å². The number of nitrogens with one attached hydrogen (secondary N) is 1. The van der Waals surface area contributed by atoms with Gasteiger partial charge in [0.1, 0.15) is 0 Å². The van der Waals surface area contributed by atoms with E-state index in [4.69, 9.17) is 21.1 Å². The van der Waals surface area contributed by atoms with Gasteiger partial charge in [0.2, 0.25) is 12.7 Å². The first-order valence-electron chi connectivity index (χ1n) is 9.98. The zero-order valence-corrected chi connectivity index (χ0v) is 18.1. The molecule has 1 N–H and O–H groups in total. The molecule has 0 bridgehead atoms. The molecule has 2 aliphatic heterocycles. The molecule has 1 aromatic rings. The highest BCUT2D eigenvalue weighted by Gasteiger charge is 2.34. The molecule has 0 saturated carbocycles. The first kappa shape index (κ1) is 21.2. The van der Waals surface area contributed by atoms with Crippen molar-refractivity contribution in [2.75, 3.05) is 40.5 Å². The number of hydrogen-bond donors (Lipinski definition) is 1. The molecule has 1 amide bonds. The smallest absolute Gasteiger partial charge is 0.231 e. The SMILES string of the molecule is CN(C)CC(C)(C)CN1C(=O)CC[C@@H]1CCNCc1cc2c(cc1Cl)OCO2. The summed E-state index contributed by atoms with van der Waals surface area (Å²) in [6.07, 6.45) is 2.56. The maximum absolute atomic E-state index is 12.4. The molecule has 0 radical (unpaired) electrons. The van der Waals surface area contributed by atoms with Gasteiger partial charge in [-0.2, -0.15) is 0 Å². The Hall–Kier alpha value is -1.50. The fraction of sp³-hybridized carbons (Fsp3) is 0.667. The zero-order valence-electron chi connectivity index (χ0n) is 17.4. The molecule has 0 aromatic heterocycles. The molecule has 0 unspecified atom stereocenters. The molecular formula is C21H32ClN3O3. The number of halogens is 1. The normalized spacial score (nSPS) is 19.1. The maximum Gasteiger partial charge on any atom is 0.231 e. The fourth-order valence-electron chi connectivity index (χ4n) is 4.26. The lowest BCUT2D eigenvalue weighted by Crippen LogP contribution is -2.44. The van der Waals surface area contributed by atoms with Gasteiger partial charge in [-0.15, -0.1) is 0 Å². The number of amides is 1. The molecule has 1 fully saturated rings. The molecule has 1 atom stereocenters. The number of fused-ring (bicyclic) bond motifs is 1. The molecule has 3 rings (SSSR count). The molecule has 7 heteroatoms. The molecular weight excluding hydrogens is 378 g/mol. The average molecular weight is 410 g/mol. The van der Waals surface area contributed by atoms with Crippen LogP contribution in [-0.4, -0.2) is 62.3 Å². The van der Waals surface area contributed by atoms with Crippen LogP contribution in [0.1, 0.15) is 38.7 Å². The van der Waals surface area contributed by atoms with Gasteiger partial charge in [-0.05, 0) is 50.5 Å². The van der Waals surface area contributed by atoms with Crippen LogP contribution in [0.4, 0.5) is 0 Å². The second kappa shape index (κ2) is 8.89. The summed E-state index contributed by atoms with van der Waals surface area (Å²) < 4.78 is 10.8. The lowest BCUT2D eigenvalue weighted by Gasteiger charge is -2.35. The summed E-state index contributed by atoms with van der Waals surface area (Å²) in [5.41, 5.74) is 1.08. The summed E-state index contributed by atoms with van der Waals surface area (Å²) >= 11 is 6.34. The van der Waals surface area contributed by atoms with Crippen molar-refractivity contribution in [3.63, 3.8) is 0 Å². The Kier molecular flexibility index (Phi) is 6.73. The number of carbonyl (C=O) groups is 1. The summed E-state index contributed by atoms with van der Waals surface area (Å²) in [4.78, 5) is 16.7. The first-order chi connectivity index (χ1) is 13.2. The van der Waals surface area contributed by atoms with Crippen molar-refractivity contribution < 1.29 is 14.3 Å². The van der Waals surface area contributed by atoms with E-state index in [-0.39, 0.29) is 18.1 Å². The van der Waals surface area contributed by atoms with Crippen LogP contribution in [0.3, 0.4) is 0 Å². The van der Waals surface area contributed by atoms with Gasteiger partial charge in [-0.25, -0.2) is 0 Å². The summed E-state index contributed by atoms with van der Waals surface area (Å²) in [6, 6.07) is 4.06. The van der Waals surface area contributed by atoms with E-state index in [9.17, 15) is 4.79 Å². The monoisotopic (exact) mass is 409 g/mol. The second-order valence-corrected chi connectivity index (χ2v) is 9.29. The van der Waals surface area contributed by atoms with E-state index in [2.05, 4.69) is 43.1 Å². The fourth-order valence-corrected chi connectivity index (χ4v) is 4.48. The molecule has 1 aromatic carbocycles. The summed E-state index contributed by atoms with van der Waals surface area (Å²) in [5, 5.41) is 4.14. The Balaban J connectivity index is 1.49. The average Bonchev–Trinajstić information content (AvgIpc) is 3.17. The van der Waals surface area contributed by atoms with Crippen LogP contribution in [0.2, 0.25) is 5.02 Å². The topological polar surface area (TPSA) is 54.0 Å². The third-order valence-electron chi connectivity index (χ3n) is 5.31. The van der Waals surface area contributed by atoms with Crippen molar-refractivity contribution in [3.05, 3.63) is 22.7 Å². The summed E-state index contributed by atoms with van der Waals surface area (Å²) in [5.74, 6) is 1.74. The quantitative estimate of drug-likeness (QED) is 0.635. The van der Waals surface area contributed by atoms with Crippen LogP contribution < -0.4 is 14.8 Å². The Morgan fingerprint density at radius 3 is 2.71 bits per heavy atom. The van der Waals surface area contributed by atoms with E-state index in [0.29, 0.717) is 29.8 Å². The van der Waals surface area contributed by atoms with Crippen molar-refractivity contribution in [2.45, 2.75) is 45.7 Å². The Bertz CT molecular complexity index is 708. The van der Waals surface area contributed by atoms with Gasteiger partial charge in [0.15, 0.2) is 11.5 Å². The second-order valence-electron chi connectivity index (χ2n) is 8.88. The number of ether oxygens (including phenoxy) is 2. The molecule has 156 valence electrons. The minimum atomic E-state index is 0.0786. The van der Waals surface area contributed by atoms with E-state index in [1.807, 2.05) is 12.1 Å². The van der Waals surface area contributed by atoms with Crippen LogP contribution >= 0.6 is 11.6 Å². The summed E-state index contributed by atoms with van der Waals surface area (Å²) in [6.45, 7) is 7.99. The Morgan fingerprint density at radius 1 is 1.29 bits per heavy atom. The van der Waals surface area contributed by atoms with Gasteiger partial charge in [-0.1, -0.05) is 25.4 Å². The van der Waals surface area contributed by atoms with Gasteiger partial charge < -0.3 is 24.6 Å². The molecule has 1 saturated heterocycles. The standard InChI is InChI=1S/C21H32ClN3O3/c1-21(2,12-24(3)4)13-25-16(5-6-20(25)26)7-8-23-11-15-9-18-19(10-17(15)22)28-14-27-18/h9-10,16,23H,5-8,11-14H2,1-4H3/t16-/m1/s1. The van der Waals surface area contributed by atoms with Crippen LogP contribution in [-0.2, 0) is 11.3 Å². The van der Waals surface area contributed by atoms with Gasteiger partial charge in [0.05, 0.1) is 0 Å². The third-order valence-corrected chi connectivity index (χ3v) is 5.66. The van der Waals surface area contributed by atoms with Crippen molar-refractivity contribution in [1.82, 2.24) is 15.1 Å². The molecule has 6 nitrogen and oxygen atoms in total. The number of likely N-dealkylation sites (tertiary alicyclic amines) is 1. The van der Waals surface area contributed by atoms with Crippen molar-refractivity contribution in [2.24, 2.45) is 5.41 Å². The number of benzene rings is 1. The lowest BCUT2D eigenvalue weighted by atomic mass is 9.91. The van der Waals surface area contributed by atoms with Crippen LogP contribution in [0.15, 0.2) is 12.1 Å². The predicted octanol–water partition coefficient (Wildman–Crippen LogP) is 3.13. The van der Waals surface area contributed by atoms with E-state index >= 15 is 0 Å². The minimum Gasteiger partial charge on any atom is -0.454 e. The van der Waals surface area contributed by atoms with Gasteiger partial charge >= 0.3 is 0 Å². The third kappa shape index (κ3) is 5.31. The molecule has 2 heterocycles. The van der Waals surface area contributed by atoms with E-state index in [1.54, 1.807) is 0 Å². The van der Waals surface area contributed by atoms with Crippen molar-refractivity contribution in [1.29, 1.82) is 0 Å². The number of nitrogens with zero attached hydrogens (tertiary/aromatic N) is 2.